The van der Waals surface area contributed by atoms with E-state index in [9.17, 15) is 50.3 Å². The highest BCUT2D eigenvalue weighted by Gasteiger charge is 2.32. The van der Waals surface area contributed by atoms with Gasteiger partial charge in [-0.1, -0.05) is 303 Å². The number of benzene rings is 14. The Balaban J connectivity index is 0.000000166. The number of pyridine rings is 1. The third-order valence-corrected chi connectivity index (χ3v) is 22.6. The Bertz CT molecular complexity index is 5960. The molecule has 0 atom stereocenters. The van der Waals surface area contributed by atoms with Crippen molar-refractivity contribution in [1.29, 1.82) is 5.26 Å². The first-order valence-electron chi connectivity index (χ1n) is 45.4. The van der Waals surface area contributed by atoms with Crippen LogP contribution in [-0.4, -0.2) is 108 Å². The van der Waals surface area contributed by atoms with E-state index < -0.39 is 19.1 Å². The predicted octanol–water partition coefficient (Wildman–Crippen LogP) is 24.4. The number of amides is 5. The number of alkyl halides is 6. The van der Waals surface area contributed by atoms with E-state index in [4.69, 9.17) is 10.00 Å². The van der Waals surface area contributed by atoms with Crippen molar-refractivity contribution >= 4 is 35.2 Å². The van der Waals surface area contributed by atoms with Gasteiger partial charge < -0.3 is 45.7 Å². The molecule has 0 unspecified atom stereocenters. The zero-order valence-corrected chi connectivity index (χ0v) is 76.9. The zero-order valence-electron chi connectivity index (χ0n) is 76.9. The van der Waals surface area contributed by atoms with Crippen molar-refractivity contribution in [2.24, 2.45) is 0 Å². The summed E-state index contributed by atoms with van der Waals surface area (Å²) < 4.78 is 86.7. The normalized spacial score (nSPS) is 10.8. The molecule has 0 radical (unpaired) electrons. The summed E-state index contributed by atoms with van der Waals surface area (Å²) in [7, 11) is 5.59. The smallest absolute Gasteiger partial charge is 0.497 e. The van der Waals surface area contributed by atoms with Crippen LogP contribution >= 0.6 is 0 Å². The molecule has 22 heteroatoms. The number of anilines is 1. The third-order valence-electron chi connectivity index (χ3n) is 22.6. The van der Waals surface area contributed by atoms with Gasteiger partial charge in [-0.25, -0.2) is 4.98 Å². The van der Waals surface area contributed by atoms with E-state index in [0.717, 1.165) is 65.1 Å². The summed E-state index contributed by atoms with van der Waals surface area (Å²) in [6.45, 7) is 1.24. The summed E-state index contributed by atoms with van der Waals surface area (Å²) in [6.07, 6.45) is -4.09. The first-order chi connectivity index (χ1) is 67.0. The molecule has 14 aromatic carbocycles. The average Bonchev–Trinajstić information content (AvgIpc) is 0.853. The molecule has 0 fully saturated rings. The summed E-state index contributed by atoms with van der Waals surface area (Å²) in [5.74, 6) is 0.324. The fraction of sp³-hybridized carbons (Fsp3) is 0.181. The largest absolute Gasteiger partial charge is 0.573 e. The van der Waals surface area contributed by atoms with Gasteiger partial charge in [0.15, 0.2) is 6.61 Å². The quantitative estimate of drug-likeness (QED) is 0.0236. The van der Waals surface area contributed by atoms with Crippen LogP contribution in [0.4, 0.5) is 32.0 Å². The fourth-order valence-electron chi connectivity index (χ4n) is 15.6. The summed E-state index contributed by atoms with van der Waals surface area (Å²) in [5, 5.41) is 23.6. The molecule has 0 spiro atoms. The molecule has 0 aliphatic carbocycles. The Morgan fingerprint density at radius 2 is 0.536 bits per heavy atom. The topological polar surface area (TPSA) is 213 Å². The van der Waals surface area contributed by atoms with Crippen molar-refractivity contribution in [2.45, 2.75) is 74.2 Å². The molecule has 0 aliphatic rings. The van der Waals surface area contributed by atoms with E-state index in [2.05, 4.69) is 217 Å². The van der Waals surface area contributed by atoms with Crippen molar-refractivity contribution in [3.8, 4) is 23.4 Å². The van der Waals surface area contributed by atoms with Crippen molar-refractivity contribution in [1.82, 2.24) is 31.6 Å². The maximum atomic E-state index is 12.5. The number of halogens is 6. The molecule has 1 aromatic heterocycles. The standard InChI is InChI=1S/C24H26N2O.C23H21F3N2O2.C23H20F3NO2.C23H20N2O.C23H23NO2/c1-26(2)22-15-13-21(14-16-22)24(27)25-18-17-23(19-9-5-3-6-10-19)20-11-7-4-8-12-20;24-23(25,26)16-30-21-12-11-19(15-28-21)22(29)27-14-13-20(17-7-3-1-4-8-17)18-9-5-2-6-10-18;24-23(25,26)29-20-13-11-19(12-14-20)22(28)27-16-15-21(17-7-3-1-4-8-17)18-9-5-2-6-10-18;24-17-18-11-13-21(14-12-18)23(26)25-16-15-22(19-7-3-1-4-8-19)20-9-5-2-6-10-20;1-26-21-14-12-20(13-15-21)23(25)24-17-16-22(18-8-4-2-5-9-18)19-10-6-3-7-11-19/h3-16,23H,17-18H2,1-2H3,(H,25,27);1-12,15,20H,13-14,16H2,(H,27,29);1-14,21H,15-16H2,(H,27,28);1-14,22H,15-16H2,(H,25,26);2-15,22H,16-17H2,1H3,(H,24,25). The second-order valence-electron chi connectivity index (χ2n) is 32.3. The van der Waals surface area contributed by atoms with Crippen LogP contribution < -0.4 is 45.7 Å². The summed E-state index contributed by atoms with van der Waals surface area (Å²) in [6, 6.07) is 134. The molecule has 0 bridgehead atoms. The van der Waals surface area contributed by atoms with Crippen molar-refractivity contribution in [3.63, 3.8) is 0 Å². The number of hydrogen-bond donors (Lipinski definition) is 5. The lowest BCUT2D eigenvalue weighted by molar-refractivity contribution is -0.274. The van der Waals surface area contributed by atoms with Gasteiger partial charge in [0, 0.05) is 117 Å². The predicted molar refractivity (Wildman–Crippen MR) is 532 cm³/mol. The van der Waals surface area contributed by atoms with Gasteiger partial charge >= 0.3 is 12.5 Å². The van der Waals surface area contributed by atoms with Gasteiger partial charge in [-0.05, 0) is 191 Å². The van der Waals surface area contributed by atoms with E-state index in [1.54, 1.807) is 55.6 Å². The lowest BCUT2D eigenvalue weighted by Gasteiger charge is -2.18. The Morgan fingerprint density at radius 1 is 0.312 bits per heavy atom. The van der Waals surface area contributed by atoms with Gasteiger partial charge in [-0.15, -0.1) is 13.2 Å². The molecule has 0 saturated carbocycles. The van der Waals surface area contributed by atoms with Crippen LogP contribution in [0.15, 0.2) is 419 Å². The second kappa shape index (κ2) is 54.3. The summed E-state index contributed by atoms with van der Waals surface area (Å²) >= 11 is 0. The molecule has 16 nitrogen and oxygen atoms in total. The number of methoxy groups -OCH3 is 1. The average molecular weight is 1860 g/mol. The van der Waals surface area contributed by atoms with E-state index in [0.29, 0.717) is 67.8 Å². The van der Waals surface area contributed by atoms with Gasteiger partial charge in [-0.2, -0.15) is 18.4 Å². The van der Waals surface area contributed by atoms with Gasteiger partial charge in [0.1, 0.15) is 11.5 Å². The monoisotopic (exact) mass is 1860 g/mol. The Labute approximate surface area is 802 Å². The highest BCUT2D eigenvalue weighted by molar-refractivity contribution is 5.96. The van der Waals surface area contributed by atoms with Crippen LogP contribution in [0.25, 0.3) is 0 Å². The molecule has 15 rings (SSSR count). The minimum Gasteiger partial charge on any atom is -0.497 e. The SMILES string of the molecule is CN(C)c1ccc(C(=O)NCCC(c2ccccc2)c2ccccc2)cc1.COc1ccc(C(=O)NCCC(c2ccccc2)c2ccccc2)cc1.N#Cc1ccc(C(=O)NCCC(c2ccccc2)c2ccccc2)cc1.O=C(NCCC(c1ccccc1)c1ccccc1)c1ccc(OC(F)(F)F)cc1.O=C(NCCC(c1ccccc1)c1ccccc1)c1ccc(OCC(F)(F)F)nc1. The highest BCUT2D eigenvalue weighted by Crippen LogP contribution is 2.34. The van der Waals surface area contributed by atoms with Gasteiger partial charge in [0.25, 0.3) is 29.5 Å². The van der Waals surface area contributed by atoms with Crippen LogP contribution in [0, 0.1) is 11.3 Å². The van der Waals surface area contributed by atoms with E-state index in [1.165, 1.54) is 63.8 Å². The number of ether oxygens (including phenoxy) is 3. The van der Waals surface area contributed by atoms with Gasteiger partial charge in [0.2, 0.25) is 5.88 Å². The van der Waals surface area contributed by atoms with Gasteiger partial charge in [-0.3, -0.25) is 24.0 Å². The Morgan fingerprint density at radius 3 is 0.746 bits per heavy atom. The lowest BCUT2D eigenvalue weighted by atomic mass is 9.88. The second-order valence-corrected chi connectivity index (χ2v) is 32.3. The molecule has 704 valence electrons. The zero-order chi connectivity index (χ0) is 97.5. The number of carbonyl (C=O) groups is 5. The maximum absolute atomic E-state index is 12.5. The molecular weight excluding hydrogens is 1750 g/mol. The van der Waals surface area contributed by atoms with Crippen LogP contribution in [0.1, 0.15) is 175 Å². The van der Waals surface area contributed by atoms with E-state index in [1.807, 2.05) is 177 Å². The highest BCUT2D eigenvalue weighted by atomic mass is 19.4. The first kappa shape index (κ1) is 102. The lowest BCUT2D eigenvalue weighted by Crippen LogP contribution is -2.26. The van der Waals surface area contributed by atoms with Crippen molar-refractivity contribution in [3.05, 3.63) is 508 Å². The van der Waals surface area contributed by atoms with Crippen molar-refractivity contribution < 1.29 is 64.5 Å². The third kappa shape index (κ3) is 34.1. The maximum Gasteiger partial charge on any atom is 0.573 e. The molecule has 1 heterocycles. The molecule has 5 N–H and O–H groups in total. The van der Waals surface area contributed by atoms with E-state index >= 15 is 0 Å². The Hall–Kier alpha value is -16.2. The van der Waals surface area contributed by atoms with Crippen LogP contribution in [0.5, 0.6) is 17.4 Å². The number of nitriles is 1. The molecule has 5 amide bonds. The first-order valence-corrected chi connectivity index (χ1v) is 45.4. The van der Waals surface area contributed by atoms with E-state index in [-0.39, 0.29) is 81.9 Å². The van der Waals surface area contributed by atoms with Crippen LogP contribution in [0.3, 0.4) is 0 Å². The number of nitrogens with zero attached hydrogens (tertiary/aromatic N) is 3. The molecule has 15 aromatic rings. The molecule has 138 heavy (non-hydrogen) atoms. The minimum atomic E-state index is -4.76. The summed E-state index contributed by atoms with van der Waals surface area (Å²) in [4.78, 5) is 67.6. The number of carbonyl (C=O) groups excluding carboxylic acids is 5. The molecule has 0 saturated heterocycles. The van der Waals surface area contributed by atoms with Crippen LogP contribution in [-0.2, 0) is 0 Å². The molecule has 0 aliphatic heterocycles. The number of aromatic nitrogens is 1. The van der Waals surface area contributed by atoms with Gasteiger partial charge in [0.05, 0.1) is 24.3 Å². The Kier molecular flexibility index (Phi) is 40.3. The number of rotatable bonds is 35. The molecular formula is C116H110F6N8O8. The number of hydrogen-bond acceptors (Lipinski definition) is 11. The fourth-order valence-corrected chi connectivity index (χ4v) is 15.6. The van der Waals surface area contributed by atoms with Crippen LogP contribution in [0.2, 0.25) is 0 Å². The van der Waals surface area contributed by atoms with Crippen molar-refractivity contribution in [2.75, 3.05) is 65.4 Å². The minimum absolute atomic E-state index is 0.0276. The number of nitrogens with one attached hydrogen (secondary N) is 5. The summed E-state index contributed by atoms with van der Waals surface area (Å²) in [5.41, 5.74) is 16.2.